The summed E-state index contributed by atoms with van der Waals surface area (Å²) in [5.41, 5.74) is 2.48. The lowest BCUT2D eigenvalue weighted by Crippen LogP contribution is -2.38. The van der Waals surface area contributed by atoms with Gasteiger partial charge >= 0.3 is 0 Å². The molecule has 1 atom stereocenters. The fraction of sp³-hybridized carbons (Fsp3) is 0.632. The van der Waals surface area contributed by atoms with Crippen molar-refractivity contribution in [1.29, 1.82) is 5.26 Å². The molecule has 0 aliphatic carbocycles. The molecule has 2 heteroatoms. The Balaban J connectivity index is 2.73. The van der Waals surface area contributed by atoms with E-state index in [2.05, 4.69) is 76.8 Å². The van der Waals surface area contributed by atoms with E-state index in [9.17, 15) is 5.26 Å². The van der Waals surface area contributed by atoms with Gasteiger partial charge in [0.05, 0.1) is 12.0 Å². The highest BCUT2D eigenvalue weighted by Gasteiger charge is 2.17. The first-order valence-corrected chi connectivity index (χ1v) is 8.12. The molecule has 1 aromatic carbocycles. The Labute approximate surface area is 130 Å². The van der Waals surface area contributed by atoms with Crippen molar-refractivity contribution in [2.75, 3.05) is 6.54 Å². The summed E-state index contributed by atoms with van der Waals surface area (Å²) >= 11 is 0. The average molecular weight is 286 g/mol. The number of nitrogens with zero attached hydrogens (tertiary/aromatic N) is 2. The van der Waals surface area contributed by atoms with Crippen LogP contribution in [0.5, 0.6) is 0 Å². The van der Waals surface area contributed by atoms with Crippen LogP contribution in [0, 0.1) is 11.3 Å². The molecule has 0 saturated heterocycles. The maximum absolute atomic E-state index is 9.48. The van der Waals surface area contributed by atoms with E-state index >= 15 is 0 Å². The molecule has 1 aromatic rings. The molecule has 0 saturated carbocycles. The summed E-state index contributed by atoms with van der Waals surface area (Å²) in [6.45, 7) is 14.2. The number of rotatable bonds is 7. The van der Waals surface area contributed by atoms with Gasteiger partial charge in [0.2, 0.25) is 0 Å². The molecule has 0 radical (unpaired) electrons. The summed E-state index contributed by atoms with van der Waals surface area (Å²) < 4.78 is 0. The van der Waals surface area contributed by atoms with Crippen LogP contribution in [0.4, 0.5) is 0 Å². The highest BCUT2D eigenvalue weighted by Crippen LogP contribution is 2.23. The van der Waals surface area contributed by atoms with E-state index in [-0.39, 0.29) is 5.92 Å². The van der Waals surface area contributed by atoms with Crippen molar-refractivity contribution in [3.05, 3.63) is 35.4 Å². The Morgan fingerprint density at radius 3 is 1.76 bits per heavy atom. The van der Waals surface area contributed by atoms with Gasteiger partial charge in [0.15, 0.2) is 0 Å². The van der Waals surface area contributed by atoms with E-state index in [1.54, 1.807) is 0 Å². The fourth-order valence-electron chi connectivity index (χ4n) is 2.81. The predicted octanol–water partition coefficient (Wildman–Crippen LogP) is 4.93. The first-order chi connectivity index (χ1) is 9.86. The molecule has 0 heterocycles. The Kier molecular flexibility index (Phi) is 6.92. The van der Waals surface area contributed by atoms with Gasteiger partial charge in [-0.05, 0) is 51.2 Å². The van der Waals surface area contributed by atoms with Gasteiger partial charge in [-0.25, -0.2) is 0 Å². The molecule has 2 nitrogen and oxygen atoms in total. The van der Waals surface area contributed by atoms with Crippen LogP contribution in [0.25, 0.3) is 0 Å². The zero-order chi connectivity index (χ0) is 16.0. The second-order valence-electron chi connectivity index (χ2n) is 6.72. The van der Waals surface area contributed by atoms with E-state index in [1.807, 2.05) is 0 Å². The highest BCUT2D eigenvalue weighted by atomic mass is 15.2. The van der Waals surface area contributed by atoms with Crippen molar-refractivity contribution in [3.8, 4) is 6.07 Å². The quantitative estimate of drug-likeness (QED) is 0.711. The van der Waals surface area contributed by atoms with Gasteiger partial charge in [0.25, 0.3) is 0 Å². The fourth-order valence-corrected chi connectivity index (χ4v) is 2.81. The van der Waals surface area contributed by atoms with Crippen molar-refractivity contribution < 1.29 is 0 Å². The second-order valence-corrected chi connectivity index (χ2v) is 6.72. The summed E-state index contributed by atoms with van der Waals surface area (Å²) in [6.07, 6.45) is 0.897. The van der Waals surface area contributed by atoms with Gasteiger partial charge in [0.1, 0.15) is 0 Å². The summed E-state index contributed by atoms with van der Waals surface area (Å²) in [6, 6.07) is 12.1. The molecule has 0 N–H and O–H groups in total. The molecule has 0 fully saturated rings. The smallest absolute Gasteiger partial charge is 0.0724 e. The van der Waals surface area contributed by atoms with E-state index < -0.39 is 0 Å². The lowest BCUT2D eigenvalue weighted by molar-refractivity contribution is 0.171. The molecule has 116 valence electrons. The van der Waals surface area contributed by atoms with Crippen molar-refractivity contribution in [3.63, 3.8) is 0 Å². The van der Waals surface area contributed by atoms with E-state index in [0.29, 0.717) is 18.0 Å². The van der Waals surface area contributed by atoms with Gasteiger partial charge in [-0.1, -0.05) is 38.1 Å². The topological polar surface area (TPSA) is 27.0 Å². The van der Waals surface area contributed by atoms with Crippen LogP contribution in [-0.4, -0.2) is 23.5 Å². The Hall–Kier alpha value is -1.33. The molecule has 1 rings (SSSR count). The Morgan fingerprint density at radius 1 is 0.905 bits per heavy atom. The van der Waals surface area contributed by atoms with Crippen molar-refractivity contribution >= 4 is 0 Å². The number of benzene rings is 1. The molecule has 0 aliphatic heterocycles. The van der Waals surface area contributed by atoms with E-state index in [1.165, 1.54) is 5.56 Å². The van der Waals surface area contributed by atoms with Crippen LogP contribution >= 0.6 is 0 Å². The monoisotopic (exact) mass is 286 g/mol. The molecular weight excluding hydrogens is 256 g/mol. The minimum absolute atomic E-state index is 0.00814. The summed E-state index contributed by atoms with van der Waals surface area (Å²) in [7, 11) is 0. The van der Waals surface area contributed by atoms with Crippen molar-refractivity contribution in [2.24, 2.45) is 0 Å². The molecule has 21 heavy (non-hydrogen) atoms. The lowest BCUT2D eigenvalue weighted by Gasteiger charge is -2.31. The first kappa shape index (κ1) is 17.7. The number of hydrogen-bond acceptors (Lipinski definition) is 2. The normalized spacial score (nSPS) is 13.2. The van der Waals surface area contributed by atoms with Gasteiger partial charge in [0, 0.05) is 18.6 Å². The predicted molar refractivity (Wildman–Crippen MR) is 90.5 cm³/mol. The molecule has 0 bridgehead atoms. The molecular formula is C19H30N2. The summed E-state index contributed by atoms with van der Waals surface area (Å²) in [4.78, 5) is 2.45. The van der Waals surface area contributed by atoms with Gasteiger partial charge in [-0.2, -0.15) is 5.26 Å². The SMILES string of the molecule is CC(C)c1ccc([C@@H](C#N)CCN(C(C)C)C(C)C)cc1. The van der Waals surface area contributed by atoms with Crippen molar-refractivity contribution in [2.45, 2.75) is 71.9 Å². The molecule has 0 spiro atoms. The minimum Gasteiger partial charge on any atom is -0.298 e. The van der Waals surface area contributed by atoms with Crippen molar-refractivity contribution in [1.82, 2.24) is 4.90 Å². The minimum atomic E-state index is -0.00814. The standard InChI is InChI=1S/C19H30N2/c1-14(2)17-7-9-18(10-8-17)19(13-20)11-12-21(15(3)4)16(5)6/h7-10,14-16,19H,11-12H2,1-6H3/t19-/m1/s1. The molecule has 0 aromatic heterocycles. The number of nitriles is 1. The third kappa shape index (κ3) is 5.17. The maximum atomic E-state index is 9.48. The van der Waals surface area contributed by atoms with Crippen LogP contribution in [-0.2, 0) is 0 Å². The van der Waals surface area contributed by atoms with Gasteiger partial charge < -0.3 is 0 Å². The third-order valence-electron chi connectivity index (χ3n) is 4.16. The summed E-state index contributed by atoms with van der Waals surface area (Å²) in [5, 5.41) is 9.48. The first-order valence-electron chi connectivity index (χ1n) is 8.12. The maximum Gasteiger partial charge on any atom is 0.0724 e. The van der Waals surface area contributed by atoms with E-state index in [0.717, 1.165) is 18.5 Å². The largest absolute Gasteiger partial charge is 0.298 e. The van der Waals surface area contributed by atoms with E-state index in [4.69, 9.17) is 0 Å². The molecule has 0 unspecified atom stereocenters. The van der Waals surface area contributed by atoms with Crippen LogP contribution in [0.15, 0.2) is 24.3 Å². The van der Waals surface area contributed by atoms with Crippen LogP contribution in [0.1, 0.15) is 70.9 Å². The average Bonchev–Trinajstić information content (AvgIpc) is 2.43. The van der Waals surface area contributed by atoms with Crippen LogP contribution < -0.4 is 0 Å². The molecule has 0 amide bonds. The summed E-state index contributed by atoms with van der Waals surface area (Å²) in [5.74, 6) is 0.531. The Morgan fingerprint density at radius 2 is 1.38 bits per heavy atom. The Bertz CT molecular complexity index is 443. The zero-order valence-electron chi connectivity index (χ0n) is 14.4. The van der Waals surface area contributed by atoms with Crippen LogP contribution in [0.3, 0.4) is 0 Å². The van der Waals surface area contributed by atoms with Gasteiger partial charge in [-0.15, -0.1) is 0 Å². The number of hydrogen-bond donors (Lipinski definition) is 0. The van der Waals surface area contributed by atoms with Crippen LogP contribution in [0.2, 0.25) is 0 Å². The third-order valence-corrected chi connectivity index (χ3v) is 4.16. The lowest BCUT2D eigenvalue weighted by atomic mass is 9.93. The highest BCUT2D eigenvalue weighted by molar-refractivity contribution is 5.30. The zero-order valence-corrected chi connectivity index (χ0v) is 14.4. The molecule has 0 aliphatic rings. The second kappa shape index (κ2) is 8.20. The van der Waals surface area contributed by atoms with Gasteiger partial charge in [-0.3, -0.25) is 4.90 Å².